The van der Waals surface area contributed by atoms with Gasteiger partial charge in [-0.3, -0.25) is 4.31 Å². The molecule has 2 aromatic rings. The largest absolute Gasteiger partial charge is 0.486 e. The van der Waals surface area contributed by atoms with Gasteiger partial charge in [-0.2, -0.15) is 0 Å². The zero-order chi connectivity index (χ0) is 17.2. The van der Waals surface area contributed by atoms with E-state index >= 15 is 0 Å². The first-order valence-corrected chi connectivity index (χ1v) is 9.54. The lowest BCUT2D eigenvalue weighted by molar-refractivity contribution is 0.171. The Morgan fingerprint density at radius 3 is 2.42 bits per heavy atom. The molecule has 7 heteroatoms. The minimum Gasteiger partial charge on any atom is -0.486 e. The van der Waals surface area contributed by atoms with Gasteiger partial charge in [0.1, 0.15) is 13.2 Å². The number of halogens is 1. The van der Waals surface area contributed by atoms with E-state index in [9.17, 15) is 8.42 Å². The first-order chi connectivity index (χ1) is 11.5. The van der Waals surface area contributed by atoms with Gasteiger partial charge >= 0.3 is 0 Å². The lowest BCUT2D eigenvalue weighted by Gasteiger charge is -2.25. The molecule has 0 atom stereocenters. The van der Waals surface area contributed by atoms with Crippen molar-refractivity contribution in [2.75, 3.05) is 24.1 Å². The molecule has 0 spiro atoms. The lowest BCUT2D eigenvalue weighted by atomic mass is 10.2. The van der Waals surface area contributed by atoms with Crippen LogP contribution in [0.2, 0.25) is 0 Å². The van der Waals surface area contributed by atoms with E-state index in [2.05, 4.69) is 22.5 Å². The molecule has 0 saturated carbocycles. The van der Waals surface area contributed by atoms with E-state index < -0.39 is 10.0 Å². The molecule has 1 heterocycles. The van der Waals surface area contributed by atoms with Crippen LogP contribution in [0.3, 0.4) is 0 Å². The quantitative estimate of drug-likeness (QED) is 0.707. The molecule has 0 amide bonds. The first kappa shape index (κ1) is 16.9. The average molecular weight is 410 g/mol. The van der Waals surface area contributed by atoms with Crippen LogP contribution in [0.15, 0.2) is 64.5 Å². The maximum Gasteiger partial charge on any atom is 0.264 e. The van der Waals surface area contributed by atoms with E-state index in [1.807, 2.05) is 0 Å². The Labute approximate surface area is 149 Å². The summed E-state index contributed by atoms with van der Waals surface area (Å²) in [5.41, 5.74) is 0.502. The van der Waals surface area contributed by atoms with Crippen molar-refractivity contribution in [3.63, 3.8) is 0 Å². The molecule has 5 nitrogen and oxygen atoms in total. The van der Waals surface area contributed by atoms with Crippen molar-refractivity contribution >= 4 is 31.6 Å². The molecule has 24 heavy (non-hydrogen) atoms. The number of hydrogen-bond acceptors (Lipinski definition) is 4. The molecule has 0 aliphatic carbocycles. The summed E-state index contributed by atoms with van der Waals surface area (Å²) in [6, 6.07) is 11.6. The number of benzene rings is 2. The standard InChI is InChI=1S/C17H16BrNO4S/c1-2-9-19(24(20,21)15-6-3-13(18)4-7-15)14-5-8-16-17(12-14)23-11-10-22-16/h2-8,12H,1,9-11H2. The third-order valence-corrected chi connectivity index (χ3v) is 5.85. The second kappa shape index (κ2) is 6.86. The SMILES string of the molecule is C=CCN(c1ccc2c(c1)OCCO2)S(=O)(=O)c1ccc(Br)cc1. The minimum absolute atomic E-state index is 0.151. The van der Waals surface area contributed by atoms with Crippen molar-refractivity contribution in [2.24, 2.45) is 0 Å². The van der Waals surface area contributed by atoms with E-state index in [0.29, 0.717) is 30.4 Å². The van der Waals surface area contributed by atoms with Gasteiger partial charge in [-0.1, -0.05) is 22.0 Å². The second-order valence-corrected chi connectivity index (χ2v) is 7.88. The van der Waals surface area contributed by atoms with Crippen LogP contribution in [-0.4, -0.2) is 28.2 Å². The summed E-state index contributed by atoms with van der Waals surface area (Å²) in [6.45, 7) is 4.74. The maximum atomic E-state index is 13.0. The molecular formula is C17H16BrNO4S. The van der Waals surface area contributed by atoms with Gasteiger partial charge in [-0.25, -0.2) is 8.42 Å². The van der Waals surface area contributed by atoms with Crippen LogP contribution in [-0.2, 0) is 10.0 Å². The maximum absolute atomic E-state index is 13.0. The smallest absolute Gasteiger partial charge is 0.264 e. The van der Waals surface area contributed by atoms with Crippen LogP contribution in [0.1, 0.15) is 0 Å². The monoisotopic (exact) mass is 409 g/mol. The zero-order valence-corrected chi connectivity index (χ0v) is 15.2. The van der Waals surface area contributed by atoms with Crippen LogP contribution in [0, 0.1) is 0 Å². The van der Waals surface area contributed by atoms with Crippen molar-refractivity contribution in [3.05, 3.63) is 59.6 Å². The summed E-state index contributed by atoms with van der Waals surface area (Å²) in [6.07, 6.45) is 1.55. The van der Waals surface area contributed by atoms with Crippen LogP contribution in [0.25, 0.3) is 0 Å². The van der Waals surface area contributed by atoms with Crippen LogP contribution < -0.4 is 13.8 Å². The highest BCUT2D eigenvalue weighted by molar-refractivity contribution is 9.10. The van der Waals surface area contributed by atoms with Crippen molar-refractivity contribution < 1.29 is 17.9 Å². The van der Waals surface area contributed by atoms with Gasteiger partial charge in [-0.15, -0.1) is 6.58 Å². The number of ether oxygens (including phenoxy) is 2. The molecular weight excluding hydrogens is 394 g/mol. The lowest BCUT2D eigenvalue weighted by Crippen LogP contribution is -2.31. The van der Waals surface area contributed by atoms with Crippen molar-refractivity contribution in [3.8, 4) is 11.5 Å². The van der Waals surface area contributed by atoms with Crippen LogP contribution in [0.5, 0.6) is 11.5 Å². The Balaban J connectivity index is 2.03. The summed E-state index contributed by atoms with van der Waals surface area (Å²) < 4.78 is 39.1. The second-order valence-electron chi connectivity index (χ2n) is 5.11. The molecule has 0 radical (unpaired) electrons. The van der Waals surface area contributed by atoms with Crippen molar-refractivity contribution in [1.82, 2.24) is 0 Å². The molecule has 0 saturated heterocycles. The van der Waals surface area contributed by atoms with E-state index in [0.717, 1.165) is 4.47 Å². The Bertz CT molecular complexity index is 849. The molecule has 0 bridgehead atoms. The number of fused-ring (bicyclic) bond motifs is 1. The summed E-state index contributed by atoms with van der Waals surface area (Å²) in [4.78, 5) is 0.211. The molecule has 126 valence electrons. The molecule has 2 aromatic carbocycles. The van der Waals surface area contributed by atoms with Crippen LogP contribution >= 0.6 is 15.9 Å². The highest BCUT2D eigenvalue weighted by atomic mass is 79.9. The van der Waals surface area contributed by atoms with Crippen molar-refractivity contribution in [2.45, 2.75) is 4.90 Å². The highest BCUT2D eigenvalue weighted by Gasteiger charge is 2.25. The molecule has 0 unspecified atom stereocenters. The zero-order valence-electron chi connectivity index (χ0n) is 12.8. The van der Waals surface area contributed by atoms with Gasteiger partial charge in [0.2, 0.25) is 0 Å². The molecule has 1 aliphatic rings. The van der Waals surface area contributed by atoms with E-state index in [1.54, 1.807) is 48.5 Å². The summed E-state index contributed by atoms with van der Waals surface area (Å²) in [7, 11) is -3.71. The van der Waals surface area contributed by atoms with Gasteiger partial charge in [0, 0.05) is 10.5 Å². The summed E-state index contributed by atoms with van der Waals surface area (Å²) in [5, 5.41) is 0. The average Bonchev–Trinajstić information content (AvgIpc) is 2.59. The van der Waals surface area contributed by atoms with E-state index in [4.69, 9.17) is 9.47 Å². The van der Waals surface area contributed by atoms with Gasteiger partial charge in [0.15, 0.2) is 11.5 Å². The summed E-state index contributed by atoms with van der Waals surface area (Å²) in [5.74, 6) is 1.16. The summed E-state index contributed by atoms with van der Waals surface area (Å²) >= 11 is 3.31. The molecule has 3 rings (SSSR count). The minimum atomic E-state index is -3.71. The Kier molecular flexibility index (Phi) is 4.82. The third-order valence-electron chi connectivity index (χ3n) is 3.51. The Morgan fingerprint density at radius 2 is 1.75 bits per heavy atom. The Morgan fingerprint density at radius 1 is 1.08 bits per heavy atom. The topological polar surface area (TPSA) is 55.8 Å². The van der Waals surface area contributed by atoms with Gasteiger partial charge in [0.05, 0.1) is 17.1 Å². The van der Waals surface area contributed by atoms with Crippen LogP contribution in [0.4, 0.5) is 5.69 Å². The first-order valence-electron chi connectivity index (χ1n) is 7.31. The molecule has 1 aliphatic heterocycles. The third kappa shape index (κ3) is 3.27. The number of rotatable bonds is 5. The number of nitrogens with zero attached hydrogens (tertiary/aromatic N) is 1. The Hall–Kier alpha value is -1.99. The highest BCUT2D eigenvalue weighted by Crippen LogP contribution is 2.35. The fourth-order valence-corrected chi connectivity index (χ4v) is 4.07. The number of hydrogen-bond donors (Lipinski definition) is 0. The number of sulfonamides is 1. The van der Waals surface area contributed by atoms with Gasteiger partial charge < -0.3 is 9.47 Å². The van der Waals surface area contributed by atoms with Crippen molar-refractivity contribution in [1.29, 1.82) is 0 Å². The number of anilines is 1. The van der Waals surface area contributed by atoms with E-state index in [-0.39, 0.29) is 11.4 Å². The predicted octanol–water partition coefficient (Wildman–Crippen LogP) is 3.60. The van der Waals surface area contributed by atoms with Gasteiger partial charge in [-0.05, 0) is 36.4 Å². The predicted molar refractivity (Wildman–Crippen MR) is 96.3 cm³/mol. The molecule has 0 N–H and O–H groups in total. The van der Waals surface area contributed by atoms with Gasteiger partial charge in [0.25, 0.3) is 10.0 Å². The molecule has 0 fully saturated rings. The molecule has 0 aromatic heterocycles. The fourth-order valence-electron chi connectivity index (χ4n) is 2.38. The van der Waals surface area contributed by atoms with E-state index in [1.165, 1.54) is 4.31 Å². The fraction of sp³-hybridized carbons (Fsp3) is 0.176. The normalized spacial score (nSPS) is 13.4.